The molecule has 2 aliphatic rings. The lowest BCUT2D eigenvalue weighted by Gasteiger charge is -2.40. The van der Waals surface area contributed by atoms with Crippen molar-refractivity contribution in [3.8, 4) is 5.75 Å². The Labute approximate surface area is 84.0 Å². The maximum Gasteiger partial charge on any atom is 0.115 e. The Balaban J connectivity index is 1.83. The predicted octanol–water partition coefficient (Wildman–Crippen LogP) is 1.72. The number of phenols is 1. The summed E-state index contributed by atoms with van der Waals surface area (Å²) in [6.07, 6.45) is 1.29. The molecule has 1 aliphatic heterocycles. The van der Waals surface area contributed by atoms with E-state index in [1.165, 1.54) is 18.5 Å². The van der Waals surface area contributed by atoms with E-state index in [-0.39, 0.29) is 0 Å². The van der Waals surface area contributed by atoms with Gasteiger partial charge in [0.25, 0.3) is 0 Å². The van der Waals surface area contributed by atoms with Crippen LogP contribution in [0.4, 0.5) is 0 Å². The van der Waals surface area contributed by atoms with E-state index in [1.54, 1.807) is 6.07 Å². The van der Waals surface area contributed by atoms with Gasteiger partial charge in [-0.2, -0.15) is 0 Å². The molecule has 3 unspecified atom stereocenters. The first kappa shape index (κ1) is 8.30. The Hall–Kier alpha value is -1.02. The van der Waals surface area contributed by atoms with Gasteiger partial charge in [0, 0.05) is 0 Å². The zero-order valence-corrected chi connectivity index (χ0v) is 8.11. The van der Waals surface area contributed by atoms with Crippen LogP contribution in [-0.2, 0) is 0 Å². The van der Waals surface area contributed by atoms with Gasteiger partial charge in [-0.15, -0.1) is 0 Å². The maximum atomic E-state index is 9.41. The summed E-state index contributed by atoms with van der Waals surface area (Å²) in [6.45, 7) is 2.35. The first-order valence-corrected chi connectivity index (χ1v) is 5.34. The third-order valence-corrected chi connectivity index (χ3v) is 3.76. The quantitative estimate of drug-likeness (QED) is 0.705. The van der Waals surface area contributed by atoms with Crippen LogP contribution in [0.15, 0.2) is 24.3 Å². The molecule has 0 amide bonds. The Morgan fingerprint density at radius 3 is 3.00 bits per heavy atom. The summed E-state index contributed by atoms with van der Waals surface area (Å²) in [6, 6.07) is 7.74. The minimum atomic E-state index is 0.400. The SMILES string of the molecule is Oc1cccc(C2CC3CNCC32)c1. The molecule has 1 aromatic carbocycles. The fraction of sp³-hybridized carbons (Fsp3) is 0.500. The maximum absolute atomic E-state index is 9.41. The van der Waals surface area contributed by atoms with E-state index >= 15 is 0 Å². The van der Waals surface area contributed by atoms with Gasteiger partial charge in [-0.3, -0.25) is 0 Å². The number of fused-ring (bicyclic) bond motifs is 1. The highest BCUT2D eigenvalue weighted by Crippen LogP contribution is 2.49. The smallest absolute Gasteiger partial charge is 0.115 e. The van der Waals surface area contributed by atoms with E-state index in [1.807, 2.05) is 12.1 Å². The van der Waals surface area contributed by atoms with E-state index in [0.29, 0.717) is 11.7 Å². The van der Waals surface area contributed by atoms with Crippen molar-refractivity contribution in [2.75, 3.05) is 13.1 Å². The molecule has 74 valence electrons. The number of hydrogen-bond donors (Lipinski definition) is 2. The standard InChI is InChI=1S/C12H15NO/c14-10-3-1-2-8(4-10)11-5-9-6-13-7-12(9)11/h1-4,9,11-14H,5-7H2. The summed E-state index contributed by atoms with van der Waals surface area (Å²) in [5.41, 5.74) is 1.31. The fourth-order valence-electron chi connectivity index (χ4n) is 2.93. The van der Waals surface area contributed by atoms with E-state index in [0.717, 1.165) is 18.4 Å². The van der Waals surface area contributed by atoms with Crippen LogP contribution < -0.4 is 5.32 Å². The van der Waals surface area contributed by atoms with Gasteiger partial charge < -0.3 is 10.4 Å². The van der Waals surface area contributed by atoms with Gasteiger partial charge in [-0.1, -0.05) is 12.1 Å². The molecule has 1 saturated carbocycles. The molecule has 2 heteroatoms. The third kappa shape index (κ3) is 1.14. The van der Waals surface area contributed by atoms with Crippen molar-refractivity contribution in [2.24, 2.45) is 11.8 Å². The highest BCUT2D eigenvalue weighted by Gasteiger charge is 2.44. The van der Waals surface area contributed by atoms with Gasteiger partial charge in [0.2, 0.25) is 0 Å². The fourth-order valence-corrected chi connectivity index (χ4v) is 2.93. The van der Waals surface area contributed by atoms with Gasteiger partial charge in [0.1, 0.15) is 5.75 Å². The summed E-state index contributed by atoms with van der Waals surface area (Å²) in [4.78, 5) is 0. The molecular weight excluding hydrogens is 174 g/mol. The number of nitrogens with one attached hydrogen (secondary N) is 1. The van der Waals surface area contributed by atoms with Crippen molar-refractivity contribution < 1.29 is 5.11 Å². The first-order chi connectivity index (χ1) is 6.84. The number of phenolic OH excluding ortho intramolecular Hbond substituents is 1. The highest BCUT2D eigenvalue weighted by molar-refractivity contribution is 5.32. The van der Waals surface area contributed by atoms with E-state index in [2.05, 4.69) is 11.4 Å². The number of hydrogen-bond acceptors (Lipinski definition) is 2. The van der Waals surface area contributed by atoms with Crippen molar-refractivity contribution in [1.29, 1.82) is 0 Å². The van der Waals surface area contributed by atoms with Crippen LogP contribution in [0.3, 0.4) is 0 Å². The van der Waals surface area contributed by atoms with Crippen molar-refractivity contribution in [1.82, 2.24) is 5.32 Å². The molecule has 1 aromatic rings. The largest absolute Gasteiger partial charge is 0.508 e. The van der Waals surface area contributed by atoms with Gasteiger partial charge in [0.15, 0.2) is 0 Å². The normalized spacial score (nSPS) is 35.0. The minimum absolute atomic E-state index is 0.400. The van der Waals surface area contributed by atoms with Gasteiger partial charge >= 0.3 is 0 Å². The molecule has 3 atom stereocenters. The second-order valence-electron chi connectivity index (χ2n) is 4.52. The molecular formula is C12H15NO. The van der Waals surface area contributed by atoms with Crippen molar-refractivity contribution >= 4 is 0 Å². The molecule has 0 radical (unpaired) electrons. The van der Waals surface area contributed by atoms with Crippen molar-refractivity contribution in [3.63, 3.8) is 0 Å². The molecule has 14 heavy (non-hydrogen) atoms. The summed E-state index contributed by atoms with van der Waals surface area (Å²) in [5.74, 6) is 2.79. The monoisotopic (exact) mass is 189 g/mol. The lowest BCUT2D eigenvalue weighted by Crippen LogP contribution is -2.33. The zero-order valence-electron chi connectivity index (χ0n) is 8.11. The van der Waals surface area contributed by atoms with Crippen LogP contribution in [0.1, 0.15) is 17.9 Å². The van der Waals surface area contributed by atoms with Crippen LogP contribution in [0.25, 0.3) is 0 Å². The highest BCUT2D eigenvalue weighted by atomic mass is 16.3. The molecule has 1 heterocycles. The zero-order chi connectivity index (χ0) is 9.54. The van der Waals surface area contributed by atoms with Crippen LogP contribution in [0.2, 0.25) is 0 Å². The van der Waals surface area contributed by atoms with Gasteiger partial charge in [-0.05, 0) is 55.0 Å². The lowest BCUT2D eigenvalue weighted by atomic mass is 9.64. The summed E-state index contributed by atoms with van der Waals surface area (Å²) >= 11 is 0. The lowest BCUT2D eigenvalue weighted by molar-refractivity contribution is 0.191. The molecule has 0 bridgehead atoms. The Morgan fingerprint density at radius 2 is 2.21 bits per heavy atom. The second-order valence-corrected chi connectivity index (χ2v) is 4.52. The molecule has 1 saturated heterocycles. The first-order valence-electron chi connectivity index (χ1n) is 5.34. The molecule has 1 aliphatic carbocycles. The number of benzene rings is 1. The molecule has 2 N–H and O–H groups in total. The molecule has 2 fully saturated rings. The van der Waals surface area contributed by atoms with Crippen LogP contribution >= 0.6 is 0 Å². The number of rotatable bonds is 1. The minimum Gasteiger partial charge on any atom is -0.508 e. The van der Waals surface area contributed by atoms with Gasteiger partial charge in [0.05, 0.1) is 0 Å². The second kappa shape index (κ2) is 2.99. The van der Waals surface area contributed by atoms with E-state index in [4.69, 9.17) is 0 Å². The van der Waals surface area contributed by atoms with Crippen molar-refractivity contribution in [3.05, 3.63) is 29.8 Å². The topological polar surface area (TPSA) is 32.3 Å². The molecule has 0 aromatic heterocycles. The Morgan fingerprint density at radius 1 is 1.29 bits per heavy atom. The number of aromatic hydroxyl groups is 1. The van der Waals surface area contributed by atoms with Crippen LogP contribution in [-0.4, -0.2) is 18.2 Å². The third-order valence-electron chi connectivity index (χ3n) is 3.76. The summed E-state index contributed by atoms with van der Waals surface area (Å²) in [7, 11) is 0. The Bertz CT molecular complexity index is 350. The summed E-state index contributed by atoms with van der Waals surface area (Å²) < 4.78 is 0. The van der Waals surface area contributed by atoms with E-state index in [9.17, 15) is 5.11 Å². The predicted molar refractivity (Wildman–Crippen MR) is 55.3 cm³/mol. The summed E-state index contributed by atoms with van der Waals surface area (Å²) in [5, 5.41) is 12.8. The van der Waals surface area contributed by atoms with Crippen LogP contribution in [0.5, 0.6) is 5.75 Å². The van der Waals surface area contributed by atoms with Crippen molar-refractivity contribution in [2.45, 2.75) is 12.3 Å². The molecule has 2 nitrogen and oxygen atoms in total. The van der Waals surface area contributed by atoms with E-state index < -0.39 is 0 Å². The molecule has 3 rings (SSSR count). The van der Waals surface area contributed by atoms with Gasteiger partial charge in [-0.25, -0.2) is 0 Å². The Kier molecular flexibility index (Phi) is 1.77. The van der Waals surface area contributed by atoms with Crippen LogP contribution in [0, 0.1) is 11.8 Å². The average Bonchev–Trinajstić information content (AvgIpc) is 2.48. The average molecular weight is 189 g/mol. The molecule has 0 spiro atoms.